The van der Waals surface area contributed by atoms with Crippen LogP contribution in [0.1, 0.15) is 34.0 Å². The fraction of sp³-hybridized carbons (Fsp3) is 0.222. The van der Waals surface area contributed by atoms with Crippen LogP contribution < -0.4 is 15.9 Å². The molecule has 0 aliphatic carbocycles. The maximum atomic E-state index is 12.5. The molecule has 0 bridgehead atoms. The van der Waals surface area contributed by atoms with E-state index in [9.17, 15) is 9.59 Å². The van der Waals surface area contributed by atoms with Gasteiger partial charge in [0.25, 0.3) is 11.1 Å². The Bertz CT molecular complexity index is 1000. The van der Waals surface area contributed by atoms with Crippen LogP contribution in [0.4, 0.5) is 0 Å². The SMILES string of the molecule is C=CCOc1ccc(Cl)cc1C(c1c(C)[nH][nH]c1=O)c1c(C)[nH][nH]c1=O. The molecule has 0 spiro atoms. The minimum absolute atomic E-state index is 0.284. The second-order valence-electron chi connectivity index (χ2n) is 5.95. The Hall–Kier alpha value is -2.93. The lowest BCUT2D eigenvalue weighted by Crippen LogP contribution is -2.21. The molecule has 2 aromatic heterocycles. The van der Waals surface area contributed by atoms with E-state index in [1.807, 2.05) is 0 Å². The molecule has 0 saturated carbocycles. The van der Waals surface area contributed by atoms with E-state index >= 15 is 0 Å². The monoisotopic (exact) mass is 374 g/mol. The van der Waals surface area contributed by atoms with Gasteiger partial charge in [-0.25, -0.2) is 0 Å². The lowest BCUT2D eigenvalue weighted by molar-refractivity contribution is 0.358. The van der Waals surface area contributed by atoms with Crippen LogP contribution >= 0.6 is 11.6 Å². The Labute approximate surface area is 154 Å². The van der Waals surface area contributed by atoms with Crippen molar-refractivity contribution in [2.45, 2.75) is 19.8 Å². The third kappa shape index (κ3) is 3.13. The molecule has 3 rings (SSSR count). The van der Waals surface area contributed by atoms with Crippen molar-refractivity contribution in [3.05, 3.63) is 84.7 Å². The zero-order valence-electron chi connectivity index (χ0n) is 14.4. The molecule has 7 nitrogen and oxygen atoms in total. The summed E-state index contributed by atoms with van der Waals surface area (Å²) in [7, 11) is 0. The molecule has 0 aliphatic heterocycles. The van der Waals surface area contributed by atoms with Crippen molar-refractivity contribution in [2.75, 3.05) is 6.61 Å². The number of ether oxygens (including phenoxy) is 1. The van der Waals surface area contributed by atoms with Gasteiger partial charge in [0.1, 0.15) is 12.4 Å². The third-order valence-electron chi connectivity index (χ3n) is 4.24. The number of aryl methyl sites for hydroxylation is 2. The quantitative estimate of drug-likeness (QED) is 0.498. The zero-order chi connectivity index (χ0) is 18.8. The summed E-state index contributed by atoms with van der Waals surface area (Å²) in [5, 5.41) is 11.3. The Morgan fingerprint density at radius 3 is 2.12 bits per heavy atom. The average Bonchev–Trinajstić information content (AvgIpc) is 3.11. The van der Waals surface area contributed by atoms with E-state index in [0.29, 0.717) is 38.9 Å². The molecule has 136 valence electrons. The normalized spacial score (nSPS) is 11.1. The molecule has 4 N–H and O–H groups in total. The first-order valence-corrected chi connectivity index (χ1v) is 8.39. The van der Waals surface area contributed by atoms with Crippen LogP contribution in [0.2, 0.25) is 5.02 Å². The Morgan fingerprint density at radius 1 is 1.08 bits per heavy atom. The van der Waals surface area contributed by atoms with E-state index < -0.39 is 5.92 Å². The van der Waals surface area contributed by atoms with Gasteiger partial charge in [-0.05, 0) is 32.0 Å². The maximum absolute atomic E-state index is 12.5. The Morgan fingerprint density at radius 2 is 1.65 bits per heavy atom. The minimum Gasteiger partial charge on any atom is -0.489 e. The number of benzene rings is 1. The van der Waals surface area contributed by atoms with Gasteiger partial charge in [0, 0.05) is 22.0 Å². The van der Waals surface area contributed by atoms with Crippen LogP contribution in [0.3, 0.4) is 0 Å². The fourth-order valence-electron chi connectivity index (χ4n) is 3.09. The number of halogens is 1. The van der Waals surface area contributed by atoms with E-state index in [4.69, 9.17) is 16.3 Å². The van der Waals surface area contributed by atoms with Crippen molar-refractivity contribution in [1.29, 1.82) is 0 Å². The predicted octanol–water partition coefficient (Wildman–Crippen LogP) is 2.73. The standard InChI is InChI=1S/C18H19ClN4O3/c1-4-7-26-13-6-5-11(19)8-12(13)16(14-9(2)20-22-17(14)24)15-10(3)21-23-18(15)25/h4-6,8,16H,1,7H2,2-3H3,(H2,20,22,24)(H2,21,23,25). The molecule has 2 heterocycles. The van der Waals surface area contributed by atoms with Gasteiger partial charge in [-0.2, -0.15) is 0 Å². The van der Waals surface area contributed by atoms with Gasteiger partial charge in [0.2, 0.25) is 0 Å². The number of aromatic amines is 4. The highest BCUT2D eigenvalue weighted by molar-refractivity contribution is 6.30. The molecule has 0 radical (unpaired) electrons. The summed E-state index contributed by atoms with van der Waals surface area (Å²) in [4.78, 5) is 25.0. The van der Waals surface area contributed by atoms with E-state index in [1.54, 1.807) is 38.1 Å². The molecule has 0 atom stereocenters. The van der Waals surface area contributed by atoms with Crippen LogP contribution in [0, 0.1) is 13.8 Å². The highest BCUT2D eigenvalue weighted by Gasteiger charge is 2.30. The van der Waals surface area contributed by atoms with Crippen molar-refractivity contribution in [3.8, 4) is 5.75 Å². The first kappa shape index (κ1) is 17.9. The van der Waals surface area contributed by atoms with Crippen molar-refractivity contribution in [1.82, 2.24) is 20.4 Å². The third-order valence-corrected chi connectivity index (χ3v) is 4.48. The molecule has 1 aromatic carbocycles. The molecule has 3 aromatic rings. The second-order valence-corrected chi connectivity index (χ2v) is 6.39. The van der Waals surface area contributed by atoms with Crippen LogP contribution in [-0.4, -0.2) is 27.0 Å². The molecule has 0 unspecified atom stereocenters. The van der Waals surface area contributed by atoms with E-state index in [1.165, 1.54) is 0 Å². The van der Waals surface area contributed by atoms with Gasteiger partial charge < -0.3 is 14.9 Å². The summed E-state index contributed by atoms with van der Waals surface area (Å²) in [5.74, 6) is -0.127. The summed E-state index contributed by atoms with van der Waals surface area (Å²) in [6.07, 6.45) is 1.62. The molecule has 0 amide bonds. The van der Waals surface area contributed by atoms with Gasteiger partial charge in [0.15, 0.2) is 0 Å². The maximum Gasteiger partial charge on any atom is 0.268 e. The van der Waals surface area contributed by atoms with Crippen LogP contribution in [-0.2, 0) is 0 Å². The molecular formula is C18H19ClN4O3. The summed E-state index contributed by atoms with van der Waals surface area (Å²) < 4.78 is 5.76. The second kappa shape index (κ2) is 7.13. The lowest BCUT2D eigenvalue weighted by atomic mass is 9.85. The number of nitrogens with one attached hydrogen (secondary N) is 4. The Kier molecular flexibility index (Phi) is 4.90. The fourth-order valence-corrected chi connectivity index (χ4v) is 3.27. The van der Waals surface area contributed by atoms with Gasteiger partial charge >= 0.3 is 0 Å². The van der Waals surface area contributed by atoms with Crippen molar-refractivity contribution < 1.29 is 4.74 Å². The van der Waals surface area contributed by atoms with Crippen LogP contribution in [0.15, 0.2) is 40.4 Å². The molecule has 0 fully saturated rings. The van der Waals surface area contributed by atoms with Gasteiger partial charge in [-0.1, -0.05) is 24.3 Å². The minimum atomic E-state index is -0.654. The molecule has 0 aliphatic rings. The van der Waals surface area contributed by atoms with E-state index in [0.717, 1.165) is 0 Å². The molecular weight excluding hydrogens is 356 g/mol. The summed E-state index contributed by atoms with van der Waals surface area (Å²) in [6.45, 7) is 7.48. The zero-order valence-corrected chi connectivity index (χ0v) is 15.2. The summed E-state index contributed by atoms with van der Waals surface area (Å²) >= 11 is 6.21. The highest BCUT2D eigenvalue weighted by Crippen LogP contribution is 2.38. The Balaban J connectivity index is 2.33. The number of H-pyrrole nitrogens is 4. The summed E-state index contributed by atoms with van der Waals surface area (Å²) in [5.41, 5.74) is 2.15. The topological polar surface area (TPSA) is 107 Å². The molecule has 0 saturated heterocycles. The number of hydrogen-bond donors (Lipinski definition) is 4. The van der Waals surface area contributed by atoms with Gasteiger partial charge in [-0.3, -0.25) is 19.8 Å². The number of hydrogen-bond acceptors (Lipinski definition) is 3. The van der Waals surface area contributed by atoms with Crippen molar-refractivity contribution in [3.63, 3.8) is 0 Å². The molecule has 8 heteroatoms. The average molecular weight is 375 g/mol. The van der Waals surface area contributed by atoms with E-state index in [2.05, 4.69) is 27.0 Å². The predicted molar refractivity (Wildman–Crippen MR) is 100 cm³/mol. The first-order chi connectivity index (χ1) is 12.4. The summed E-state index contributed by atoms with van der Waals surface area (Å²) in [6, 6.07) is 5.13. The molecule has 26 heavy (non-hydrogen) atoms. The smallest absolute Gasteiger partial charge is 0.268 e. The van der Waals surface area contributed by atoms with Crippen molar-refractivity contribution >= 4 is 11.6 Å². The van der Waals surface area contributed by atoms with E-state index in [-0.39, 0.29) is 17.7 Å². The first-order valence-electron chi connectivity index (χ1n) is 8.01. The largest absolute Gasteiger partial charge is 0.489 e. The van der Waals surface area contributed by atoms with Crippen LogP contribution in [0.5, 0.6) is 5.75 Å². The lowest BCUT2D eigenvalue weighted by Gasteiger charge is -2.19. The highest BCUT2D eigenvalue weighted by atomic mass is 35.5. The number of rotatable bonds is 6. The van der Waals surface area contributed by atoms with Crippen LogP contribution in [0.25, 0.3) is 0 Å². The van der Waals surface area contributed by atoms with Gasteiger partial charge in [-0.15, -0.1) is 0 Å². The number of aromatic nitrogens is 4. The van der Waals surface area contributed by atoms with Crippen molar-refractivity contribution in [2.24, 2.45) is 0 Å². The van der Waals surface area contributed by atoms with Gasteiger partial charge in [0.05, 0.1) is 17.0 Å².